The molecule has 0 N–H and O–H groups in total. The molecule has 2 bridgehead atoms. The van der Waals surface area contributed by atoms with Gasteiger partial charge < -0.3 is 19.3 Å². The lowest BCUT2D eigenvalue weighted by molar-refractivity contribution is -0.138. The molecule has 3 heterocycles. The molecule has 0 unspecified atom stereocenters. The van der Waals surface area contributed by atoms with E-state index < -0.39 is 0 Å². The Balaban J connectivity index is 1.51. The number of piperidine rings is 1. The van der Waals surface area contributed by atoms with E-state index in [-0.39, 0.29) is 29.7 Å². The predicted molar refractivity (Wildman–Crippen MR) is 127 cm³/mol. The molecule has 1 aromatic carbocycles. The maximum Gasteiger partial charge on any atom is 0.236 e. The first kappa shape index (κ1) is 23.8. The van der Waals surface area contributed by atoms with E-state index in [1.165, 1.54) is 0 Å². The second-order valence-corrected chi connectivity index (χ2v) is 9.60. The maximum absolute atomic E-state index is 13.3. The first-order valence-electron chi connectivity index (χ1n) is 12.3. The van der Waals surface area contributed by atoms with Crippen LogP contribution in [-0.2, 0) is 20.9 Å². The number of rotatable bonds is 3. The molecule has 7 heteroatoms. The first-order valence-corrected chi connectivity index (χ1v) is 12.3. The van der Waals surface area contributed by atoms with E-state index >= 15 is 0 Å². The number of carbonyl (C=O) groups is 2. The van der Waals surface area contributed by atoms with Crippen LogP contribution in [0.4, 0.5) is 0 Å². The quantitative estimate of drug-likeness (QED) is 0.656. The zero-order chi connectivity index (χ0) is 23.2. The summed E-state index contributed by atoms with van der Waals surface area (Å²) in [5.74, 6) is 1.62. The molecule has 2 saturated heterocycles. The highest BCUT2D eigenvalue weighted by Gasteiger charge is 2.33. The van der Waals surface area contributed by atoms with Crippen molar-refractivity contribution in [3.05, 3.63) is 42.0 Å². The van der Waals surface area contributed by atoms with Crippen molar-refractivity contribution in [3.63, 3.8) is 0 Å². The van der Waals surface area contributed by atoms with Crippen LogP contribution in [0.2, 0.25) is 0 Å². The van der Waals surface area contributed by atoms with E-state index in [9.17, 15) is 9.59 Å². The van der Waals surface area contributed by atoms with Gasteiger partial charge in [0.25, 0.3) is 0 Å². The SMILES string of the molecule is CC(C)N1CC(=O)N2CC[C@@H](CC(=O)N3CCOCC3)[C@@H](C=CCOc3ccccc3C1)C2. The molecule has 0 aromatic heterocycles. The number of carbonyl (C=O) groups excluding carboxylic acids is 2. The molecule has 0 spiro atoms. The number of nitrogens with zero attached hydrogens (tertiary/aromatic N) is 3. The fourth-order valence-corrected chi connectivity index (χ4v) is 4.95. The molecule has 3 aliphatic rings. The summed E-state index contributed by atoms with van der Waals surface area (Å²) >= 11 is 0. The van der Waals surface area contributed by atoms with E-state index in [1.54, 1.807) is 0 Å². The second kappa shape index (κ2) is 11.2. The van der Waals surface area contributed by atoms with E-state index in [2.05, 4.69) is 37.0 Å². The minimum Gasteiger partial charge on any atom is -0.489 e. The van der Waals surface area contributed by atoms with Crippen LogP contribution in [0.3, 0.4) is 0 Å². The topological polar surface area (TPSA) is 62.3 Å². The van der Waals surface area contributed by atoms with E-state index in [0.717, 1.165) is 17.7 Å². The third kappa shape index (κ3) is 6.15. The van der Waals surface area contributed by atoms with Crippen molar-refractivity contribution in [1.29, 1.82) is 0 Å². The number of hydrogen-bond acceptors (Lipinski definition) is 5. The Kier molecular flexibility index (Phi) is 8.04. The minimum atomic E-state index is 0.153. The Morgan fingerprint density at radius 1 is 1.12 bits per heavy atom. The van der Waals surface area contributed by atoms with Crippen molar-refractivity contribution in [2.45, 2.75) is 39.3 Å². The number of hydrogen-bond donors (Lipinski definition) is 0. The molecule has 4 rings (SSSR count). The Morgan fingerprint density at radius 2 is 1.91 bits per heavy atom. The van der Waals surface area contributed by atoms with E-state index in [1.807, 2.05) is 28.0 Å². The highest BCUT2D eigenvalue weighted by Crippen LogP contribution is 2.30. The van der Waals surface area contributed by atoms with Gasteiger partial charge in [-0.05, 0) is 38.2 Å². The van der Waals surface area contributed by atoms with Gasteiger partial charge in [-0.3, -0.25) is 14.5 Å². The summed E-state index contributed by atoms with van der Waals surface area (Å²) in [6.07, 6.45) is 5.59. The monoisotopic (exact) mass is 455 g/mol. The first-order chi connectivity index (χ1) is 16.0. The summed E-state index contributed by atoms with van der Waals surface area (Å²) in [6.45, 7) is 9.76. The van der Waals surface area contributed by atoms with Gasteiger partial charge in [0.05, 0.1) is 19.8 Å². The zero-order valence-corrected chi connectivity index (χ0v) is 19.9. The number of ether oxygens (including phenoxy) is 2. The van der Waals surface area contributed by atoms with Crippen molar-refractivity contribution < 1.29 is 19.1 Å². The third-order valence-corrected chi connectivity index (χ3v) is 7.09. The van der Waals surface area contributed by atoms with Crippen molar-refractivity contribution in [2.75, 3.05) is 52.5 Å². The maximum atomic E-state index is 13.3. The molecule has 3 aliphatic heterocycles. The van der Waals surface area contributed by atoms with E-state index in [0.29, 0.717) is 65.5 Å². The predicted octanol–water partition coefficient (Wildman–Crippen LogP) is 2.56. The molecular formula is C26H37N3O4. The lowest BCUT2D eigenvalue weighted by Gasteiger charge is -2.39. The lowest BCUT2D eigenvalue weighted by atomic mass is 9.82. The van der Waals surface area contributed by atoms with Crippen LogP contribution in [-0.4, -0.2) is 85.1 Å². The van der Waals surface area contributed by atoms with Crippen molar-refractivity contribution in [1.82, 2.24) is 14.7 Å². The van der Waals surface area contributed by atoms with Gasteiger partial charge in [-0.1, -0.05) is 30.4 Å². The molecule has 2 atom stereocenters. The zero-order valence-electron chi connectivity index (χ0n) is 19.9. The summed E-state index contributed by atoms with van der Waals surface area (Å²) in [5.41, 5.74) is 1.10. The normalized spacial score (nSPS) is 25.0. The number of para-hydroxylation sites is 1. The molecule has 2 amide bonds. The number of fused-ring (bicyclic) bond motifs is 3. The van der Waals surface area contributed by atoms with Crippen LogP contribution in [0.1, 0.15) is 32.3 Å². The summed E-state index contributed by atoms with van der Waals surface area (Å²) in [6, 6.07) is 8.31. The van der Waals surface area contributed by atoms with Gasteiger partial charge in [-0.2, -0.15) is 0 Å². The van der Waals surface area contributed by atoms with Gasteiger partial charge in [0.2, 0.25) is 11.8 Å². The van der Waals surface area contributed by atoms with Gasteiger partial charge in [0.15, 0.2) is 0 Å². The van der Waals surface area contributed by atoms with Crippen LogP contribution >= 0.6 is 0 Å². The van der Waals surface area contributed by atoms with Crippen molar-refractivity contribution in [3.8, 4) is 5.75 Å². The smallest absolute Gasteiger partial charge is 0.236 e. The largest absolute Gasteiger partial charge is 0.489 e. The third-order valence-electron chi connectivity index (χ3n) is 7.09. The standard InChI is InChI=1S/C26H37N3O4/c1-20(2)29-18-23-6-3-4-8-24(23)33-13-5-7-22-17-28(26(31)19-29)10-9-21(22)16-25(30)27-11-14-32-15-12-27/h3-8,20-22H,9-19H2,1-2H3/t21-,22-/m0/s1. The van der Waals surface area contributed by atoms with Gasteiger partial charge in [-0.15, -0.1) is 0 Å². The molecule has 2 fully saturated rings. The molecule has 0 aliphatic carbocycles. The van der Waals surface area contributed by atoms with Gasteiger partial charge in [0, 0.05) is 50.7 Å². The summed E-state index contributed by atoms with van der Waals surface area (Å²) in [5, 5.41) is 0. The molecule has 0 radical (unpaired) electrons. The van der Waals surface area contributed by atoms with Gasteiger partial charge >= 0.3 is 0 Å². The fraction of sp³-hybridized carbons (Fsp3) is 0.615. The van der Waals surface area contributed by atoms with Crippen LogP contribution in [0.15, 0.2) is 36.4 Å². The average molecular weight is 456 g/mol. The molecular weight excluding hydrogens is 418 g/mol. The van der Waals surface area contributed by atoms with Crippen molar-refractivity contribution >= 4 is 11.8 Å². The molecule has 0 saturated carbocycles. The van der Waals surface area contributed by atoms with Crippen LogP contribution in [0, 0.1) is 11.8 Å². The Morgan fingerprint density at radius 3 is 2.70 bits per heavy atom. The molecule has 7 nitrogen and oxygen atoms in total. The Labute approximate surface area is 197 Å². The number of amides is 2. The molecule has 180 valence electrons. The van der Waals surface area contributed by atoms with E-state index in [4.69, 9.17) is 9.47 Å². The highest BCUT2D eigenvalue weighted by atomic mass is 16.5. The fourth-order valence-electron chi connectivity index (χ4n) is 4.95. The second-order valence-electron chi connectivity index (χ2n) is 9.60. The Hall–Kier alpha value is -2.38. The van der Waals surface area contributed by atoms with Gasteiger partial charge in [0.1, 0.15) is 12.4 Å². The van der Waals surface area contributed by atoms with Crippen LogP contribution in [0.5, 0.6) is 5.75 Å². The minimum absolute atomic E-state index is 0.153. The van der Waals surface area contributed by atoms with Crippen LogP contribution in [0.25, 0.3) is 0 Å². The number of morpholine rings is 1. The molecule has 33 heavy (non-hydrogen) atoms. The van der Waals surface area contributed by atoms with Crippen molar-refractivity contribution in [2.24, 2.45) is 11.8 Å². The van der Waals surface area contributed by atoms with Crippen LogP contribution < -0.4 is 4.74 Å². The summed E-state index contributed by atoms with van der Waals surface area (Å²) < 4.78 is 11.5. The summed E-state index contributed by atoms with van der Waals surface area (Å²) in [7, 11) is 0. The van der Waals surface area contributed by atoms with Gasteiger partial charge in [-0.25, -0.2) is 0 Å². The lowest BCUT2D eigenvalue weighted by Crippen LogP contribution is -2.49. The average Bonchev–Trinajstić information content (AvgIpc) is 2.83. The Bertz CT molecular complexity index is 850. The summed E-state index contributed by atoms with van der Waals surface area (Å²) in [4.78, 5) is 32.3. The number of benzene rings is 1. The highest BCUT2D eigenvalue weighted by molar-refractivity contribution is 5.79. The molecule has 1 aromatic rings.